The molecule has 0 radical (unpaired) electrons. The van der Waals surface area contributed by atoms with Gasteiger partial charge in [0, 0.05) is 6.42 Å². The zero-order chi connectivity index (χ0) is 23.8. The Morgan fingerprint density at radius 2 is 0.939 bits per heavy atom. The zero-order valence-corrected chi connectivity index (χ0v) is 23.2. The monoisotopic (exact) mass is 461 g/mol. The molecule has 0 N–H and O–H groups in total. The fourth-order valence-corrected chi connectivity index (χ4v) is 5.06. The molecular formula is C31H61N2+. The third-order valence-electron chi connectivity index (χ3n) is 7.35. The average Bonchev–Trinajstić information content (AvgIpc) is 3.21. The molecular weight excluding hydrogens is 400 g/mol. The van der Waals surface area contributed by atoms with Gasteiger partial charge in [-0.3, -0.25) is 0 Å². The maximum Gasteiger partial charge on any atom is 0.256 e. The molecule has 0 aliphatic rings. The molecule has 1 aromatic rings. The Morgan fingerprint density at radius 1 is 0.515 bits per heavy atom. The van der Waals surface area contributed by atoms with Crippen molar-refractivity contribution in [3.8, 4) is 0 Å². The molecule has 2 nitrogen and oxygen atoms in total. The van der Waals surface area contributed by atoms with E-state index in [-0.39, 0.29) is 0 Å². The van der Waals surface area contributed by atoms with Crippen molar-refractivity contribution in [1.82, 2.24) is 4.57 Å². The predicted molar refractivity (Wildman–Crippen MR) is 147 cm³/mol. The lowest BCUT2D eigenvalue weighted by Crippen LogP contribution is -2.37. The molecule has 1 rings (SSSR count). The minimum atomic E-state index is 1.20. The lowest BCUT2D eigenvalue weighted by atomic mass is 10.0. The van der Waals surface area contributed by atoms with Crippen LogP contribution in [0.15, 0.2) is 12.4 Å². The SMILES string of the molecule is CCCCCCCCCCCCCCc1n(CCCCCCCCCC)cc[n+]1CCCC. The van der Waals surface area contributed by atoms with Gasteiger partial charge in [0.1, 0.15) is 12.4 Å². The second-order valence-corrected chi connectivity index (χ2v) is 10.6. The van der Waals surface area contributed by atoms with Crippen LogP contribution in [0.4, 0.5) is 0 Å². The largest absolute Gasteiger partial charge is 0.256 e. The highest BCUT2D eigenvalue weighted by molar-refractivity contribution is 4.84. The number of unbranched alkanes of at least 4 members (excludes halogenated alkanes) is 19. The first-order chi connectivity index (χ1) is 16.3. The fraction of sp³-hybridized carbons (Fsp3) is 0.903. The Kier molecular flexibility index (Phi) is 21.1. The summed E-state index contributed by atoms with van der Waals surface area (Å²) in [6.45, 7) is 9.34. The first-order valence-corrected chi connectivity index (χ1v) is 15.4. The van der Waals surface area contributed by atoms with E-state index in [1.807, 2.05) is 0 Å². The molecule has 0 unspecified atom stereocenters. The molecule has 0 aliphatic heterocycles. The van der Waals surface area contributed by atoms with E-state index in [1.54, 1.807) is 5.82 Å². The molecule has 194 valence electrons. The van der Waals surface area contributed by atoms with Crippen molar-refractivity contribution in [2.24, 2.45) is 0 Å². The topological polar surface area (TPSA) is 8.81 Å². The lowest BCUT2D eigenvalue weighted by Gasteiger charge is -2.06. The fourth-order valence-electron chi connectivity index (χ4n) is 5.06. The summed E-state index contributed by atoms with van der Waals surface area (Å²) in [5.41, 5.74) is 0. The summed E-state index contributed by atoms with van der Waals surface area (Å²) >= 11 is 0. The van der Waals surface area contributed by atoms with Gasteiger partial charge in [0.05, 0.1) is 13.1 Å². The smallest absolute Gasteiger partial charge is 0.234 e. The van der Waals surface area contributed by atoms with Gasteiger partial charge in [0.15, 0.2) is 0 Å². The maximum atomic E-state index is 2.59. The van der Waals surface area contributed by atoms with E-state index >= 15 is 0 Å². The van der Waals surface area contributed by atoms with E-state index < -0.39 is 0 Å². The maximum absolute atomic E-state index is 2.59. The van der Waals surface area contributed by atoms with E-state index in [0.29, 0.717) is 0 Å². The number of aromatic nitrogens is 2. The Morgan fingerprint density at radius 3 is 1.42 bits per heavy atom. The summed E-state index contributed by atoms with van der Waals surface area (Å²) in [5.74, 6) is 1.60. The molecule has 0 fully saturated rings. The Bertz CT molecular complexity index is 519. The van der Waals surface area contributed by atoms with Crippen molar-refractivity contribution in [1.29, 1.82) is 0 Å². The van der Waals surface area contributed by atoms with Crippen LogP contribution in [0.5, 0.6) is 0 Å². The van der Waals surface area contributed by atoms with Gasteiger partial charge in [-0.1, -0.05) is 136 Å². The third kappa shape index (κ3) is 16.5. The van der Waals surface area contributed by atoms with Crippen LogP contribution in [0.25, 0.3) is 0 Å². The molecule has 0 saturated carbocycles. The second-order valence-electron chi connectivity index (χ2n) is 10.6. The first kappa shape index (κ1) is 30.2. The molecule has 0 spiro atoms. The minimum Gasteiger partial charge on any atom is -0.234 e. The van der Waals surface area contributed by atoms with E-state index in [4.69, 9.17) is 0 Å². The van der Waals surface area contributed by atoms with Crippen LogP contribution in [0, 0.1) is 0 Å². The molecule has 0 saturated heterocycles. The number of rotatable bonds is 25. The summed E-state index contributed by atoms with van der Waals surface area (Å²) in [6, 6.07) is 0. The van der Waals surface area contributed by atoms with Crippen molar-refractivity contribution >= 4 is 0 Å². The van der Waals surface area contributed by atoms with Gasteiger partial charge >= 0.3 is 0 Å². The van der Waals surface area contributed by atoms with Crippen LogP contribution in [0.3, 0.4) is 0 Å². The highest BCUT2D eigenvalue weighted by Gasteiger charge is 2.16. The summed E-state index contributed by atoms with van der Waals surface area (Å²) in [4.78, 5) is 0. The Labute approximate surface area is 208 Å². The van der Waals surface area contributed by atoms with Crippen LogP contribution < -0.4 is 4.57 Å². The first-order valence-electron chi connectivity index (χ1n) is 15.4. The molecule has 33 heavy (non-hydrogen) atoms. The molecule has 0 amide bonds. The van der Waals surface area contributed by atoms with Gasteiger partial charge in [-0.15, -0.1) is 0 Å². The summed E-state index contributed by atoms with van der Waals surface area (Å²) in [6.07, 6.45) is 37.1. The van der Waals surface area contributed by atoms with Gasteiger partial charge in [-0.05, 0) is 25.7 Å². The minimum absolute atomic E-state index is 1.20. The molecule has 0 atom stereocenters. The molecule has 0 bridgehead atoms. The number of hydrogen-bond acceptors (Lipinski definition) is 0. The number of nitrogens with zero attached hydrogens (tertiary/aromatic N) is 2. The van der Waals surface area contributed by atoms with Gasteiger partial charge < -0.3 is 0 Å². The van der Waals surface area contributed by atoms with Crippen LogP contribution in [-0.4, -0.2) is 4.57 Å². The van der Waals surface area contributed by atoms with Crippen LogP contribution in [-0.2, 0) is 19.5 Å². The van der Waals surface area contributed by atoms with E-state index in [9.17, 15) is 0 Å². The van der Waals surface area contributed by atoms with Crippen molar-refractivity contribution in [3.63, 3.8) is 0 Å². The Balaban J connectivity index is 2.20. The highest BCUT2D eigenvalue weighted by Crippen LogP contribution is 2.14. The second kappa shape index (κ2) is 23.0. The van der Waals surface area contributed by atoms with Crippen LogP contribution in [0.1, 0.15) is 168 Å². The normalized spacial score (nSPS) is 11.5. The standard InChI is InChI=1S/C31H61N2/c1-4-7-10-12-14-16-17-18-19-20-22-24-26-31-32(27-9-6-3)29-30-33(31)28-25-23-21-15-13-11-8-5-2/h29-30H,4-28H2,1-3H3/q+1. The predicted octanol–water partition coefficient (Wildman–Crippen LogP) is 9.96. The summed E-state index contributed by atoms with van der Waals surface area (Å²) in [5, 5.41) is 0. The Hall–Kier alpha value is -0.790. The number of imidazole rings is 1. The van der Waals surface area contributed by atoms with Gasteiger partial charge in [-0.25, -0.2) is 9.13 Å². The van der Waals surface area contributed by atoms with Gasteiger partial charge in [-0.2, -0.15) is 0 Å². The number of aryl methyl sites for hydroxylation is 2. The van der Waals surface area contributed by atoms with Crippen molar-refractivity contribution in [3.05, 3.63) is 18.2 Å². The molecule has 2 heteroatoms. The van der Waals surface area contributed by atoms with Crippen molar-refractivity contribution < 1.29 is 4.57 Å². The van der Waals surface area contributed by atoms with Crippen molar-refractivity contribution in [2.45, 2.75) is 182 Å². The summed E-state index contributed by atoms with van der Waals surface area (Å²) in [7, 11) is 0. The lowest BCUT2D eigenvalue weighted by molar-refractivity contribution is -0.704. The average molecular weight is 462 g/mol. The number of hydrogen-bond donors (Lipinski definition) is 0. The van der Waals surface area contributed by atoms with Crippen molar-refractivity contribution in [2.75, 3.05) is 0 Å². The van der Waals surface area contributed by atoms with Crippen LogP contribution in [0.2, 0.25) is 0 Å². The zero-order valence-electron chi connectivity index (χ0n) is 23.2. The quantitative estimate of drug-likeness (QED) is 0.101. The van der Waals surface area contributed by atoms with Gasteiger partial charge in [0.25, 0.3) is 5.82 Å². The third-order valence-corrected chi connectivity index (χ3v) is 7.35. The molecule has 0 aromatic carbocycles. The molecule has 0 aliphatic carbocycles. The molecule has 1 aromatic heterocycles. The van der Waals surface area contributed by atoms with Gasteiger partial charge in [0.2, 0.25) is 0 Å². The van der Waals surface area contributed by atoms with Crippen LogP contribution >= 0.6 is 0 Å². The van der Waals surface area contributed by atoms with E-state index in [1.165, 1.54) is 161 Å². The van der Waals surface area contributed by atoms with E-state index in [2.05, 4.69) is 42.3 Å². The summed E-state index contributed by atoms with van der Waals surface area (Å²) < 4.78 is 5.15. The molecule has 1 heterocycles. The van der Waals surface area contributed by atoms with E-state index in [0.717, 1.165) is 0 Å². The highest BCUT2D eigenvalue weighted by atomic mass is 15.1.